The molecule has 0 radical (unpaired) electrons. The second-order valence-electron chi connectivity index (χ2n) is 9.20. The number of ether oxygens (including phenoxy) is 4. The smallest absolute Gasteiger partial charge is 0.338 e. The largest absolute Gasteiger partial charge is 0.459 e. The van der Waals surface area contributed by atoms with Crippen molar-refractivity contribution in [3.8, 4) is 0 Å². The summed E-state index contributed by atoms with van der Waals surface area (Å²) in [5, 5.41) is 3.73. The van der Waals surface area contributed by atoms with Crippen LogP contribution in [-0.4, -0.2) is 68.1 Å². The number of carbonyl (C=O) groups excluding carboxylic acids is 2. The molecule has 1 spiro atoms. The Morgan fingerprint density at radius 1 is 1.00 bits per heavy atom. The van der Waals surface area contributed by atoms with Gasteiger partial charge in [-0.2, -0.15) is 4.31 Å². The van der Waals surface area contributed by atoms with Crippen molar-refractivity contribution in [1.29, 1.82) is 0 Å². The van der Waals surface area contributed by atoms with Crippen molar-refractivity contribution >= 4 is 21.9 Å². The van der Waals surface area contributed by atoms with Crippen LogP contribution < -0.4 is 5.32 Å². The summed E-state index contributed by atoms with van der Waals surface area (Å²) in [6.45, 7) is 3.05. The molecule has 0 saturated carbocycles. The van der Waals surface area contributed by atoms with Crippen molar-refractivity contribution in [2.45, 2.75) is 43.7 Å². The van der Waals surface area contributed by atoms with Crippen LogP contribution in [0.3, 0.4) is 0 Å². The Morgan fingerprint density at radius 2 is 1.61 bits per heavy atom. The van der Waals surface area contributed by atoms with Crippen LogP contribution in [-0.2, 0) is 29.0 Å². The van der Waals surface area contributed by atoms with E-state index in [4.69, 9.17) is 18.9 Å². The lowest BCUT2D eigenvalue weighted by Crippen LogP contribution is -2.63. The van der Waals surface area contributed by atoms with Crippen LogP contribution in [0, 0.1) is 0 Å². The molecule has 0 aliphatic carbocycles. The van der Waals surface area contributed by atoms with Gasteiger partial charge in [0.05, 0.1) is 16.7 Å². The first-order valence-corrected chi connectivity index (χ1v) is 12.9. The molecule has 3 aliphatic rings. The van der Waals surface area contributed by atoms with Crippen LogP contribution in [0.15, 0.2) is 71.8 Å². The minimum absolute atomic E-state index is 0.0495. The predicted molar refractivity (Wildman–Crippen MR) is 127 cm³/mol. The molecule has 36 heavy (non-hydrogen) atoms. The quantitative estimate of drug-likeness (QED) is 0.602. The van der Waals surface area contributed by atoms with Crippen molar-refractivity contribution in [2.75, 3.05) is 13.7 Å². The van der Waals surface area contributed by atoms with Crippen molar-refractivity contribution < 1.29 is 37.0 Å². The summed E-state index contributed by atoms with van der Waals surface area (Å²) in [5.74, 6) is -2.18. The average molecular weight is 515 g/mol. The first-order chi connectivity index (χ1) is 17.0. The van der Waals surface area contributed by atoms with Gasteiger partial charge in [-0.05, 0) is 38.1 Å². The number of nitrogens with one attached hydrogen (secondary N) is 1. The maximum absolute atomic E-state index is 13.1. The van der Waals surface area contributed by atoms with E-state index < -0.39 is 51.7 Å². The molecule has 4 atom stereocenters. The van der Waals surface area contributed by atoms with E-state index in [0.29, 0.717) is 11.1 Å². The minimum atomic E-state index is -3.99. The van der Waals surface area contributed by atoms with E-state index in [2.05, 4.69) is 5.32 Å². The first kappa shape index (κ1) is 24.6. The molecule has 0 bridgehead atoms. The highest BCUT2D eigenvalue weighted by Crippen LogP contribution is 2.52. The number of nitrogens with zero attached hydrogens (tertiary/aromatic N) is 1. The predicted octanol–water partition coefficient (Wildman–Crippen LogP) is 2.01. The van der Waals surface area contributed by atoms with Crippen LogP contribution >= 0.6 is 0 Å². The lowest BCUT2D eigenvalue weighted by Gasteiger charge is -2.40. The molecule has 190 valence electrons. The van der Waals surface area contributed by atoms with Crippen LogP contribution in [0.25, 0.3) is 0 Å². The summed E-state index contributed by atoms with van der Waals surface area (Å²) in [7, 11) is -2.62. The molecule has 11 heteroatoms. The maximum atomic E-state index is 13.1. The Kier molecular flexibility index (Phi) is 6.00. The Bertz CT molecular complexity index is 1310. The Labute approximate surface area is 208 Å². The van der Waals surface area contributed by atoms with E-state index in [1.165, 1.54) is 7.05 Å². The van der Waals surface area contributed by atoms with Gasteiger partial charge in [0.2, 0.25) is 10.0 Å². The molecule has 2 aromatic carbocycles. The molecular weight excluding hydrogens is 488 g/mol. The number of rotatable bonds is 5. The fourth-order valence-electron chi connectivity index (χ4n) is 4.88. The monoisotopic (exact) mass is 514 g/mol. The number of carbonyl (C=O) groups is 2. The molecule has 2 fully saturated rings. The minimum Gasteiger partial charge on any atom is -0.459 e. The third-order valence-corrected chi connectivity index (χ3v) is 8.14. The lowest BCUT2D eigenvalue weighted by molar-refractivity contribution is -0.218. The topological polar surface area (TPSA) is 120 Å². The zero-order valence-electron chi connectivity index (χ0n) is 19.9. The van der Waals surface area contributed by atoms with Gasteiger partial charge in [0.25, 0.3) is 5.91 Å². The van der Waals surface area contributed by atoms with Crippen molar-refractivity contribution in [3.05, 3.63) is 82.9 Å². The van der Waals surface area contributed by atoms with Gasteiger partial charge >= 0.3 is 5.97 Å². The van der Waals surface area contributed by atoms with E-state index in [0.717, 1.165) is 9.71 Å². The van der Waals surface area contributed by atoms with Crippen LogP contribution in [0.5, 0.6) is 0 Å². The SMILES string of the molecule is CN1[C@]2(C(NC(=O)c3ccccc3)=CS1(=O)=O)[C@@H](COC(=O)c1ccccc1)O[C@@H]1OC(C)(C)O[C@@H]12. The lowest BCUT2D eigenvalue weighted by atomic mass is 9.85. The van der Waals surface area contributed by atoms with Gasteiger partial charge in [0.1, 0.15) is 24.4 Å². The molecule has 1 amide bonds. The highest BCUT2D eigenvalue weighted by molar-refractivity contribution is 7.92. The highest BCUT2D eigenvalue weighted by Gasteiger charge is 2.71. The number of amides is 1. The van der Waals surface area contributed by atoms with Crippen molar-refractivity contribution in [1.82, 2.24) is 9.62 Å². The number of hydrogen-bond acceptors (Lipinski definition) is 8. The third-order valence-electron chi connectivity index (χ3n) is 6.54. The van der Waals surface area contributed by atoms with Crippen LogP contribution in [0.1, 0.15) is 34.6 Å². The number of benzene rings is 2. The summed E-state index contributed by atoms with van der Waals surface area (Å²) in [5.41, 5.74) is -0.835. The fraction of sp³-hybridized carbons (Fsp3) is 0.360. The van der Waals surface area contributed by atoms with Gasteiger partial charge in [-0.3, -0.25) is 4.79 Å². The van der Waals surface area contributed by atoms with Gasteiger partial charge < -0.3 is 24.3 Å². The summed E-state index contributed by atoms with van der Waals surface area (Å²) < 4.78 is 51.0. The Hall–Kier alpha value is -3.09. The molecule has 1 N–H and O–H groups in total. The van der Waals surface area contributed by atoms with Gasteiger partial charge in [0.15, 0.2) is 12.1 Å². The molecule has 0 aromatic heterocycles. The summed E-state index contributed by atoms with van der Waals surface area (Å²) in [4.78, 5) is 25.7. The second kappa shape index (κ2) is 8.79. The van der Waals surface area contributed by atoms with E-state index in [1.807, 2.05) is 0 Å². The number of sulfonamides is 1. The van der Waals surface area contributed by atoms with Crippen molar-refractivity contribution in [2.24, 2.45) is 0 Å². The Morgan fingerprint density at radius 3 is 2.25 bits per heavy atom. The van der Waals surface area contributed by atoms with E-state index >= 15 is 0 Å². The van der Waals surface area contributed by atoms with Gasteiger partial charge in [-0.1, -0.05) is 36.4 Å². The molecule has 2 saturated heterocycles. The normalized spacial score (nSPS) is 30.1. The molecule has 5 rings (SSSR count). The van der Waals surface area contributed by atoms with Crippen molar-refractivity contribution in [3.63, 3.8) is 0 Å². The second-order valence-corrected chi connectivity index (χ2v) is 11.0. The van der Waals surface area contributed by atoms with Crippen LogP contribution in [0.4, 0.5) is 0 Å². The first-order valence-electron chi connectivity index (χ1n) is 11.4. The average Bonchev–Trinajstić information content (AvgIpc) is 3.38. The highest BCUT2D eigenvalue weighted by atomic mass is 32.2. The summed E-state index contributed by atoms with van der Waals surface area (Å²) in [6.07, 6.45) is -2.95. The molecule has 0 unspecified atom stereocenters. The standard InChI is InChI=1S/C25H26N2O8S/c1-24(2)34-20-23(35-24)33-19(14-32-22(29)17-12-8-5-9-13-17)25(20)18(15-36(30,31)27(25)3)26-21(28)16-10-6-4-7-11-16/h4-13,15,19-20,23H,14H2,1-3H3,(H,26,28)/t19-,20+,23-,25-/m1/s1. The Balaban J connectivity index is 1.51. The van der Waals surface area contributed by atoms with Crippen LogP contribution in [0.2, 0.25) is 0 Å². The van der Waals surface area contributed by atoms with E-state index in [1.54, 1.807) is 74.5 Å². The molecular formula is C25H26N2O8S. The van der Waals surface area contributed by atoms with E-state index in [9.17, 15) is 18.0 Å². The maximum Gasteiger partial charge on any atom is 0.338 e. The number of hydrogen-bond donors (Lipinski definition) is 1. The fourth-order valence-corrected chi connectivity index (χ4v) is 6.32. The van der Waals surface area contributed by atoms with E-state index in [-0.39, 0.29) is 12.3 Å². The summed E-state index contributed by atoms with van der Waals surface area (Å²) in [6, 6.07) is 16.8. The molecule has 10 nitrogen and oxygen atoms in total. The van der Waals surface area contributed by atoms with Gasteiger partial charge in [-0.15, -0.1) is 0 Å². The van der Waals surface area contributed by atoms with Gasteiger partial charge in [-0.25, -0.2) is 13.2 Å². The summed E-state index contributed by atoms with van der Waals surface area (Å²) >= 11 is 0. The molecule has 3 heterocycles. The zero-order valence-corrected chi connectivity index (χ0v) is 20.7. The number of likely N-dealkylation sites (N-methyl/N-ethyl adjacent to an activating group) is 1. The third kappa shape index (κ3) is 4.02. The molecule has 3 aliphatic heterocycles. The number of esters is 1. The molecule has 2 aromatic rings. The number of fused-ring (bicyclic) bond motifs is 2. The van der Waals surface area contributed by atoms with Gasteiger partial charge in [0, 0.05) is 12.6 Å². The zero-order chi connectivity index (χ0) is 25.7.